The minimum absolute atomic E-state index is 0.692. The van der Waals surface area contributed by atoms with Crippen molar-refractivity contribution in [3.63, 3.8) is 0 Å². The average molecular weight is 273 g/mol. The van der Waals surface area contributed by atoms with Gasteiger partial charge < -0.3 is 0 Å². The Balaban J connectivity index is 1.72. The average Bonchev–Trinajstić information content (AvgIpc) is 2.47. The Morgan fingerprint density at radius 2 is 2.00 bits per heavy atom. The SMILES string of the molecule is CC(C)C1CN2CCCCC2CN1Cc1ccncc1. The van der Waals surface area contributed by atoms with Crippen molar-refractivity contribution in [2.24, 2.45) is 5.92 Å². The van der Waals surface area contributed by atoms with Crippen LogP contribution in [0.5, 0.6) is 0 Å². The molecular formula is C17H27N3. The van der Waals surface area contributed by atoms with E-state index in [-0.39, 0.29) is 0 Å². The van der Waals surface area contributed by atoms with Crippen LogP contribution in [0.3, 0.4) is 0 Å². The second-order valence-electron chi connectivity index (χ2n) is 6.74. The summed E-state index contributed by atoms with van der Waals surface area (Å²) in [7, 11) is 0. The molecule has 1 aromatic heterocycles. The van der Waals surface area contributed by atoms with E-state index in [1.54, 1.807) is 0 Å². The summed E-state index contributed by atoms with van der Waals surface area (Å²) in [6.45, 7) is 9.63. The Morgan fingerprint density at radius 3 is 2.75 bits per heavy atom. The van der Waals surface area contributed by atoms with Gasteiger partial charge in [0.25, 0.3) is 0 Å². The van der Waals surface area contributed by atoms with E-state index < -0.39 is 0 Å². The van der Waals surface area contributed by atoms with Crippen LogP contribution in [0, 0.1) is 5.92 Å². The molecule has 2 aliphatic heterocycles. The highest BCUT2D eigenvalue weighted by Gasteiger charge is 2.35. The van der Waals surface area contributed by atoms with Gasteiger partial charge in [-0.1, -0.05) is 20.3 Å². The first-order valence-corrected chi connectivity index (χ1v) is 8.11. The molecule has 0 saturated carbocycles. The van der Waals surface area contributed by atoms with Gasteiger partial charge in [0, 0.05) is 44.1 Å². The van der Waals surface area contributed by atoms with Crippen molar-refractivity contribution in [3.8, 4) is 0 Å². The van der Waals surface area contributed by atoms with Crippen molar-refractivity contribution < 1.29 is 0 Å². The number of piperidine rings is 1. The minimum Gasteiger partial charge on any atom is -0.298 e. The van der Waals surface area contributed by atoms with E-state index in [1.807, 2.05) is 12.4 Å². The van der Waals surface area contributed by atoms with Crippen molar-refractivity contribution in [2.75, 3.05) is 19.6 Å². The summed E-state index contributed by atoms with van der Waals surface area (Å²) in [5.74, 6) is 0.722. The standard InChI is InChI=1S/C17H27N3/c1-14(2)17-13-19-10-4-3-5-16(19)12-20(17)11-15-6-8-18-9-7-15/h6-9,14,16-17H,3-5,10-13H2,1-2H3. The molecular weight excluding hydrogens is 246 g/mol. The molecule has 0 N–H and O–H groups in total. The summed E-state index contributed by atoms with van der Waals surface area (Å²) >= 11 is 0. The summed E-state index contributed by atoms with van der Waals surface area (Å²) in [5.41, 5.74) is 1.40. The fourth-order valence-corrected chi connectivity index (χ4v) is 3.81. The topological polar surface area (TPSA) is 19.4 Å². The summed E-state index contributed by atoms with van der Waals surface area (Å²) in [5, 5.41) is 0. The van der Waals surface area contributed by atoms with E-state index in [1.165, 1.54) is 44.5 Å². The van der Waals surface area contributed by atoms with Crippen LogP contribution < -0.4 is 0 Å². The lowest BCUT2D eigenvalue weighted by molar-refractivity contribution is -0.0118. The quantitative estimate of drug-likeness (QED) is 0.844. The second-order valence-corrected chi connectivity index (χ2v) is 6.74. The molecule has 3 rings (SSSR count). The van der Waals surface area contributed by atoms with Crippen LogP contribution in [-0.4, -0.2) is 46.5 Å². The third-order valence-corrected chi connectivity index (χ3v) is 4.99. The second kappa shape index (κ2) is 6.23. The fourth-order valence-electron chi connectivity index (χ4n) is 3.81. The van der Waals surface area contributed by atoms with Gasteiger partial charge in [0.1, 0.15) is 0 Å². The van der Waals surface area contributed by atoms with Crippen LogP contribution in [0.4, 0.5) is 0 Å². The molecule has 0 bridgehead atoms. The number of fused-ring (bicyclic) bond motifs is 1. The Morgan fingerprint density at radius 1 is 1.20 bits per heavy atom. The van der Waals surface area contributed by atoms with E-state index in [4.69, 9.17) is 0 Å². The molecule has 0 aromatic carbocycles. The lowest BCUT2D eigenvalue weighted by Gasteiger charge is -2.50. The zero-order valence-electron chi connectivity index (χ0n) is 12.8. The molecule has 3 heteroatoms. The molecule has 20 heavy (non-hydrogen) atoms. The number of aromatic nitrogens is 1. The van der Waals surface area contributed by atoms with Crippen molar-refractivity contribution >= 4 is 0 Å². The van der Waals surface area contributed by atoms with Gasteiger partial charge >= 0.3 is 0 Å². The number of hydrogen-bond acceptors (Lipinski definition) is 3. The number of rotatable bonds is 3. The number of pyridine rings is 1. The van der Waals surface area contributed by atoms with Crippen LogP contribution in [0.25, 0.3) is 0 Å². The van der Waals surface area contributed by atoms with Crippen LogP contribution in [-0.2, 0) is 6.54 Å². The zero-order valence-corrected chi connectivity index (χ0v) is 12.8. The van der Waals surface area contributed by atoms with E-state index >= 15 is 0 Å². The van der Waals surface area contributed by atoms with Gasteiger partial charge in [0.15, 0.2) is 0 Å². The third kappa shape index (κ3) is 3.04. The van der Waals surface area contributed by atoms with Gasteiger partial charge in [0.05, 0.1) is 0 Å². The first kappa shape index (κ1) is 14.0. The molecule has 2 unspecified atom stereocenters. The highest BCUT2D eigenvalue weighted by molar-refractivity contribution is 5.10. The molecule has 0 radical (unpaired) electrons. The van der Waals surface area contributed by atoms with E-state index in [2.05, 4.69) is 40.8 Å². The first-order chi connectivity index (χ1) is 9.74. The summed E-state index contributed by atoms with van der Waals surface area (Å²) in [4.78, 5) is 9.59. The van der Waals surface area contributed by atoms with Gasteiger partial charge in [-0.05, 0) is 43.0 Å². The lowest BCUT2D eigenvalue weighted by Crippen LogP contribution is -2.60. The van der Waals surface area contributed by atoms with Crippen LogP contribution >= 0.6 is 0 Å². The van der Waals surface area contributed by atoms with E-state index in [9.17, 15) is 0 Å². The maximum Gasteiger partial charge on any atom is 0.0271 e. The molecule has 2 atom stereocenters. The zero-order chi connectivity index (χ0) is 13.9. The predicted octanol–water partition coefficient (Wildman–Crippen LogP) is 2.78. The fraction of sp³-hybridized carbons (Fsp3) is 0.706. The molecule has 2 fully saturated rings. The van der Waals surface area contributed by atoms with Gasteiger partial charge in [-0.25, -0.2) is 0 Å². The summed E-state index contributed by atoms with van der Waals surface area (Å²) in [6, 6.07) is 5.80. The highest BCUT2D eigenvalue weighted by Crippen LogP contribution is 2.28. The van der Waals surface area contributed by atoms with Gasteiger partial charge in [-0.2, -0.15) is 0 Å². The van der Waals surface area contributed by atoms with E-state index in [0.29, 0.717) is 6.04 Å². The Bertz CT molecular complexity index is 418. The van der Waals surface area contributed by atoms with Crippen LogP contribution in [0.2, 0.25) is 0 Å². The third-order valence-electron chi connectivity index (χ3n) is 4.99. The molecule has 2 saturated heterocycles. The lowest BCUT2D eigenvalue weighted by atomic mass is 9.92. The first-order valence-electron chi connectivity index (χ1n) is 8.11. The summed E-state index contributed by atoms with van der Waals surface area (Å²) in [6.07, 6.45) is 8.02. The molecule has 110 valence electrons. The molecule has 2 aliphatic rings. The van der Waals surface area contributed by atoms with Crippen molar-refractivity contribution in [1.82, 2.24) is 14.8 Å². The number of piperazine rings is 1. The molecule has 3 nitrogen and oxygen atoms in total. The number of hydrogen-bond donors (Lipinski definition) is 0. The molecule has 0 amide bonds. The maximum atomic E-state index is 4.13. The smallest absolute Gasteiger partial charge is 0.0271 e. The normalized spacial score (nSPS) is 28.6. The Labute approximate surface area is 123 Å². The Hall–Kier alpha value is -0.930. The van der Waals surface area contributed by atoms with Gasteiger partial charge in [-0.3, -0.25) is 14.8 Å². The highest BCUT2D eigenvalue weighted by atomic mass is 15.3. The van der Waals surface area contributed by atoms with Gasteiger partial charge in [-0.15, -0.1) is 0 Å². The van der Waals surface area contributed by atoms with Crippen molar-refractivity contribution in [3.05, 3.63) is 30.1 Å². The molecule has 0 spiro atoms. The van der Waals surface area contributed by atoms with Gasteiger partial charge in [0.2, 0.25) is 0 Å². The number of nitrogens with zero attached hydrogens (tertiary/aromatic N) is 3. The maximum absolute atomic E-state index is 4.13. The monoisotopic (exact) mass is 273 g/mol. The molecule has 1 aromatic rings. The van der Waals surface area contributed by atoms with E-state index in [0.717, 1.165) is 18.5 Å². The predicted molar refractivity (Wildman–Crippen MR) is 82.5 cm³/mol. The van der Waals surface area contributed by atoms with Crippen LogP contribution in [0.15, 0.2) is 24.5 Å². The van der Waals surface area contributed by atoms with Crippen molar-refractivity contribution in [2.45, 2.75) is 51.7 Å². The molecule has 0 aliphatic carbocycles. The Kier molecular flexibility index (Phi) is 4.37. The largest absolute Gasteiger partial charge is 0.298 e. The minimum atomic E-state index is 0.692. The van der Waals surface area contributed by atoms with Crippen molar-refractivity contribution in [1.29, 1.82) is 0 Å². The summed E-state index contributed by atoms with van der Waals surface area (Å²) < 4.78 is 0. The van der Waals surface area contributed by atoms with Crippen LogP contribution in [0.1, 0.15) is 38.7 Å². The molecule has 3 heterocycles.